The van der Waals surface area contributed by atoms with Crippen LogP contribution in [-0.4, -0.2) is 9.97 Å². The molecule has 0 unspecified atom stereocenters. The van der Waals surface area contributed by atoms with Gasteiger partial charge in [0, 0.05) is 4.90 Å². The van der Waals surface area contributed by atoms with E-state index in [0.717, 1.165) is 15.6 Å². The molecule has 0 atom stereocenters. The smallest absolute Gasteiger partial charge is 0.172 e. The van der Waals surface area contributed by atoms with Crippen molar-refractivity contribution in [1.29, 1.82) is 0 Å². The number of benzene rings is 2. The van der Waals surface area contributed by atoms with Gasteiger partial charge >= 0.3 is 0 Å². The van der Waals surface area contributed by atoms with Crippen molar-refractivity contribution in [3.05, 3.63) is 67.0 Å². The molecule has 2 aromatic carbocycles. The van der Waals surface area contributed by atoms with E-state index in [1.165, 1.54) is 18.1 Å². The highest BCUT2D eigenvalue weighted by molar-refractivity contribution is 7.99. The molecule has 5 nitrogen and oxygen atoms in total. The molecule has 0 aliphatic rings. The third-order valence-electron chi connectivity index (χ3n) is 2.90. The molecule has 1 heterocycles. The largest absolute Gasteiger partial charge is 0.393 e. The molecule has 0 saturated heterocycles. The number of nitrogens with two attached hydrogens (primary N) is 1. The Balaban J connectivity index is 1.74. The van der Waals surface area contributed by atoms with E-state index in [1.807, 2.05) is 60.7 Å². The number of hydrogen-bond donors (Lipinski definition) is 3. The van der Waals surface area contributed by atoms with Crippen molar-refractivity contribution in [2.45, 2.75) is 9.92 Å². The van der Waals surface area contributed by atoms with Gasteiger partial charge in [0.15, 0.2) is 5.82 Å². The molecule has 0 amide bonds. The zero-order valence-corrected chi connectivity index (χ0v) is 12.5. The van der Waals surface area contributed by atoms with Crippen LogP contribution in [0, 0.1) is 0 Å². The predicted molar refractivity (Wildman–Crippen MR) is 90.7 cm³/mol. The lowest BCUT2D eigenvalue weighted by atomic mass is 10.3. The lowest BCUT2D eigenvalue weighted by Gasteiger charge is -2.12. The van der Waals surface area contributed by atoms with Gasteiger partial charge in [-0.15, -0.1) is 0 Å². The summed E-state index contributed by atoms with van der Waals surface area (Å²) in [5, 5.41) is 0.721. The number of nitrogen functional groups attached to an aromatic ring is 1. The van der Waals surface area contributed by atoms with Gasteiger partial charge in [-0.05, 0) is 24.3 Å². The van der Waals surface area contributed by atoms with Gasteiger partial charge in [-0.1, -0.05) is 48.2 Å². The second-order valence-corrected chi connectivity index (χ2v) is 5.53. The molecule has 1 aromatic heterocycles. The number of nitrogens with zero attached hydrogens (tertiary/aromatic N) is 2. The van der Waals surface area contributed by atoms with Gasteiger partial charge in [-0.25, -0.2) is 9.97 Å². The first-order valence-corrected chi connectivity index (χ1v) is 7.55. The van der Waals surface area contributed by atoms with Gasteiger partial charge in [0.05, 0.1) is 5.69 Å². The molecular formula is C16H15N5S. The Labute approximate surface area is 133 Å². The summed E-state index contributed by atoms with van der Waals surface area (Å²) >= 11 is 1.51. The Morgan fingerprint density at radius 2 is 1.50 bits per heavy atom. The Hall–Kier alpha value is -2.73. The van der Waals surface area contributed by atoms with Gasteiger partial charge in [-0.2, -0.15) is 0 Å². The number of hydrogen-bond acceptors (Lipinski definition) is 6. The normalized spacial score (nSPS) is 10.2. The van der Waals surface area contributed by atoms with Crippen LogP contribution in [0.3, 0.4) is 0 Å². The van der Waals surface area contributed by atoms with Crippen molar-refractivity contribution in [3.8, 4) is 0 Å². The highest BCUT2D eigenvalue weighted by Gasteiger charge is 2.09. The van der Waals surface area contributed by atoms with E-state index in [9.17, 15) is 0 Å². The van der Waals surface area contributed by atoms with E-state index in [2.05, 4.69) is 20.8 Å². The molecule has 3 aromatic rings. The van der Waals surface area contributed by atoms with Crippen molar-refractivity contribution in [1.82, 2.24) is 9.97 Å². The number of aromatic nitrogens is 2. The molecule has 0 aliphatic heterocycles. The van der Waals surface area contributed by atoms with Crippen molar-refractivity contribution < 1.29 is 0 Å². The lowest BCUT2D eigenvalue weighted by molar-refractivity contribution is 1.05. The number of anilines is 3. The minimum Gasteiger partial charge on any atom is -0.393 e. The fourth-order valence-corrected chi connectivity index (χ4v) is 2.64. The van der Waals surface area contributed by atoms with Crippen molar-refractivity contribution in [2.75, 3.05) is 16.6 Å². The number of hydrazine groups is 1. The van der Waals surface area contributed by atoms with Crippen LogP contribution in [-0.2, 0) is 0 Å². The summed E-state index contributed by atoms with van der Waals surface area (Å²) in [5.41, 5.74) is 13.7. The Kier molecular flexibility index (Phi) is 4.41. The average molecular weight is 309 g/mol. The number of rotatable bonds is 5. The monoisotopic (exact) mass is 309 g/mol. The van der Waals surface area contributed by atoms with Gasteiger partial charge in [0.1, 0.15) is 17.0 Å². The Morgan fingerprint density at radius 3 is 2.23 bits per heavy atom. The van der Waals surface area contributed by atoms with Gasteiger partial charge in [0.25, 0.3) is 0 Å². The van der Waals surface area contributed by atoms with Gasteiger partial charge in [-0.3, -0.25) is 10.9 Å². The van der Waals surface area contributed by atoms with Gasteiger partial charge < -0.3 is 5.73 Å². The summed E-state index contributed by atoms with van der Waals surface area (Å²) in [6.45, 7) is 0. The fraction of sp³-hybridized carbons (Fsp3) is 0. The third kappa shape index (κ3) is 3.48. The third-order valence-corrected chi connectivity index (χ3v) is 3.93. The van der Waals surface area contributed by atoms with E-state index < -0.39 is 0 Å². The lowest BCUT2D eigenvalue weighted by Crippen LogP contribution is -2.12. The van der Waals surface area contributed by atoms with Crippen molar-refractivity contribution in [2.24, 2.45) is 0 Å². The number of nitrogens with one attached hydrogen (secondary N) is 2. The quantitative estimate of drug-likeness (QED) is 0.493. The fourth-order valence-electron chi connectivity index (χ4n) is 1.81. The van der Waals surface area contributed by atoms with Gasteiger partial charge in [0.2, 0.25) is 0 Å². The molecule has 0 fully saturated rings. The van der Waals surface area contributed by atoms with Crippen LogP contribution >= 0.6 is 11.8 Å². The van der Waals surface area contributed by atoms with Crippen molar-refractivity contribution >= 4 is 29.0 Å². The van der Waals surface area contributed by atoms with Crippen LogP contribution < -0.4 is 16.6 Å². The van der Waals surface area contributed by atoms with Crippen LogP contribution in [0.2, 0.25) is 0 Å². The Bertz CT molecular complexity index is 734. The molecule has 22 heavy (non-hydrogen) atoms. The minimum atomic E-state index is 0.514. The highest BCUT2D eigenvalue weighted by Crippen LogP contribution is 2.32. The summed E-state index contributed by atoms with van der Waals surface area (Å²) in [6, 6.07) is 19.7. The maximum Gasteiger partial charge on any atom is 0.172 e. The predicted octanol–water partition coefficient (Wildman–Crippen LogP) is 3.65. The molecule has 0 radical (unpaired) electrons. The standard InChI is InChI=1S/C16H15N5S/c17-14-15(21-20-12-7-3-1-4-8-12)18-11-19-16(14)22-13-9-5-2-6-10-13/h1-11,20H,17H2,(H,18,19,21). The molecule has 4 N–H and O–H groups in total. The van der Waals surface area contributed by atoms with Crippen LogP contribution in [0.25, 0.3) is 0 Å². The molecule has 0 bridgehead atoms. The van der Waals surface area contributed by atoms with E-state index in [4.69, 9.17) is 5.73 Å². The number of para-hydroxylation sites is 1. The van der Waals surface area contributed by atoms with E-state index in [1.54, 1.807) is 0 Å². The summed E-state index contributed by atoms with van der Waals surface area (Å²) in [5.74, 6) is 0.553. The first-order valence-electron chi connectivity index (χ1n) is 6.73. The summed E-state index contributed by atoms with van der Waals surface area (Å²) in [4.78, 5) is 9.50. The topological polar surface area (TPSA) is 75.9 Å². The van der Waals surface area contributed by atoms with Crippen LogP contribution in [0.4, 0.5) is 17.2 Å². The Morgan fingerprint density at radius 1 is 0.818 bits per heavy atom. The van der Waals surface area contributed by atoms with Crippen molar-refractivity contribution in [3.63, 3.8) is 0 Å². The molecule has 3 rings (SSSR count). The van der Waals surface area contributed by atoms with E-state index in [0.29, 0.717) is 11.5 Å². The highest BCUT2D eigenvalue weighted by atomic mass is 32.2. The van der Waals surface area contributed by atoms with Crippen LogP contribution in [0.5, 0.6) is 0 Å². The average Bonchev–Trinajstić information content (AvgIpc) is 2.58. The van der Waals surface area contributed by atoms with Crippen LogP contribution in [0.1, 0.15) is 0 Å². The SMILES string of the molecule is Nc1c(NNc2ccccc2)ncnc1Sc1ccccc1. The first-order chi connectivity index (χ1) is 10.8. The minimum absolute atomic E-state index is 0.514. The maximum absolute atomic E-state index is 6.15. The second-order valence-electron chi connectivity index (χ2n) is 4.47. The van der Waals surface area contributed by atoms with E-state index >= 15 is 0 Å². The first kappa shape index (κ1) is 14.2. The zero-order valence-electron chi connectivity index (χ0n) is 11.7. The summed E-state index contributed by atoms with van der Waals surface area (Å²) < 4.78 is 0. The molecular weight excluding hydrogens is 294 g/mol. The molecule has 6 heteroatoms. The molecule has 0 aliphatic carbocycles. The molecule has 0 spiro atoms. The van der Waals surface area contributed by atoms with Crippen LogP contribution in [0.15, 0.2) is 76.9 Å². The maximum atomic E-state index is 6.15. The van der Waals surface area contributed by atoms with E-state index in [-0.39, 0.29) is 0 Å². The molecule has 110 valence electrons. The molecule has 0 saturated carbocycles. The summed E-state index contributed by atoms with van der Waals surface area (Å²) in [6.07, 6.45) is 1.50. The zero-order chi connectivity index (χ0) is 15.2. The second kappa shape index (κ2) is 6.82. The summed E-state index contributed by atoms with van der Waals surface area (Å²) in [7, 11) is 0.